The molecule has 0 heterocycles. The number of hydrogen-bond donors (Lipinski definition) is 2. The minimum absolute atomic E-state index is 0.375. The minimum Gasteiger partial charge on any atom is -0.389 e. The van der Waals surface area contributed by atoms with Crippen LogP contribution in [0, 0.1) is 0 Å². The molecule has 0 radical (unpaired) electrons. The van der Waals surface area contributed by atoms with Gasteiger partial charge >= 0.3 is 0 Å². The zero-order chi connectivity index (χ0) is 13.8. The smallest absolute Gasteiger partial charge is 0.106 e. The van der Waals surface area contributed by atoms with E-state index in [0.717, 1.165) is 26.3 Å². The molecule has 0 amide bonds. The summed E-state index contributed by atoms with van der Waals surface area (Å²) in [6.45, 7) is 0.689. The van der Waals surface area contributed by atoms with Crippen LogP contribution < -0.4 is 11.1 Å². The van der Waals surface area contributed by atoms with Crippen molar-refractivity contribution in [1.82, 2.24) is 0 Å². The molecule has 0 spiro atoms. The molecule has 5 heteroatoms. The lowest BCUT2D eigenvalue weighted by Crippen LogP contribution is -2.13. The molecule has 0 bridgehead atoms. The monoisotopic (exact) mass is 354 g/mol. The van der Waals surface area contributed by atoms with Gasteiger partial charge in [-0.1, -0.05) is 51.9 Å². The highest BCUT2D eigenvalue weighted by Gasteiger charge is 2.05. The van der Waals surface area contributed by atoms with Gasteiger partial charge in [-0.3, -0.25) is 0 Å². The predicted octanol–water partition coefficient (Wildman–Crippen LogP) is 4.35. The fourth-order valence-corrected chi connectivity index (χ4v) is 2.33. The summed E-state index contributed by atoms with van der Waals surface area (Å²) in [6.07, 6.45) is 0. The third-order valence-electron chi connectivity index (χ3n) is 2.64. The normalized spacial score (nSPS) is 10.2. The number of thiocarbonyl (C=S) groups is 1. The SMILES string of the molecule is NC(=S)c1cc(Br)ccc1NCc1ccc(Cl)cc1. The zero-order valence-electron chi connectivity index (χ0n) is 9.99. The molecule has 3 N–H and O–H groups in total. The summed E-state index contributed by atoms with van der Waals surface area (Å²) in [4.78, 5) is 0.375. The number of nitrogens with two attached hydrogens (primary N) is 1. The third kappa shape index (κ3) is 3.93. The molecule has 0 aliphatic rings. The van der Waals surface area contributed by atoms with Crippen LogP contribution in [0.4, 0.5) is 5.69 Å². The Morgan fingerprint density at radius 2 is 1.89 bits per heavy atom. The van der Waals surface area contributed by atoms with E-state index in [2.05, 4.69) is 21.2 Å². The van der Waals surface area contributed by atoms with Crippen molar-refractivity contribution < 1.29 is 0 Å². The summed E-state index contributed by atoms with van der Waals surface area (Å²) in [6, 6.07) is 13.5. The largest absolute Gasteiger partial charge is 0.389 e. The minimum atomic E-state index is 0.375. The van der Waals surface area contributed by atoms with Gasteiger partial charge in [0.1, 0.15) is 4.99 Å². The number of anilines is 1. The Balaban J connectivity index is 2.15. The molecule has 0 unspecified atom stereocenters. The Morgan fingerprint density at radius 3 is 2.53 bits per heavy atom. The fourth-order valence-electron chi connectivity index (χ4n) is 1.67. The van der Waals surface area contributed by atoms with Crippen LogP contribution in [-0.4, -0.2) is 4.99 Å². The van der Waals surface area contributed by atoms with E-state index in [9.17, 15) is 0 Å². The second kappa shape index (κ2) is 6.37. The maximum Gasteiger partial charge on any atom is 0.106 e. The fraction of sp³-hybridized carbons (Fsp3) is 0.0714. The van der Waals surface area contributed by atoms with Gasteiger partial charge in [0.05, 0.1) is 0 Å². The Labute approximate surface area is 131 Å². The Hall–Kier alpha value is -1.10. The van der Waals surface area contributed by atoms with Crippen molar-refractivity contribution in [2.45, 2.75) is 6.54 Å². The lowest BCUT2D eigenvalue weighted by atomic mass is 10.1. The van der Waals surface area contributed by atoms with E-state index < -0.39 is 0 Å². The number of rotatable bonds is 4. The predicted molar refractivity (Wildman–Crippen MR) is 88.8 cm³/mol. The number of hydrogen-bond acceptors (Lipinski definition) is 2. The lowest BCUT2D eigenvalue weighted by molar-refractivity contribution is 1.15. The molecular formula is C14H12BrClN2S. The standard InChI is InChI=1S/C14H12BrClN2S/c15-10-3-6-13(12(7-10)14(17)19)18-8-9-1-4-11(16)5-2-9/h1-7,18H,8H2,(H2,17,19). The topological polar surface area (TPSA) is 38.0 Å². The summed E-state index contributed by atoms with van der Waals surface area (Å²) < 4.78 is 0.951. The van der Waals surface area contributed by atoms with Crippen LogP contribution in [0.3, 0.4) is 0 Å². The van der Waals surface area contributed by atoms with Crippen LogP contribution in [0.25, 0.3) is 0 Å². The quantitative estimate of drug-likeness (QED) is 0.801. The summed E-state index contributed by atoms with van der Waals surface area (Å²) in [7, 11) is 0. The highest BCUT2D eigenvalue weighted by atomic mass is 79.9. The Morgan fingerprint density at radius 1 is 1.21 bits per heavy atom. The molecule has 0 saturated heterocycles. The lowest BCUT2D eigenvalue weighted by Gasteiger charge is -2.12. The van der Waals surface area contributed by atoms with Crippen LogP contribution in [0.15, 0.2) is 46.9 Å². The van der Waals surface area contributed by atoms with Crippen molar-refractivity contribution in [3.63, 3.8) is 0 Å². The Kier molecular flexibility index (Phi) is 4.80. The van der Waals surface area contributed by atoms with Gasteiger partial charge in [-0.05, 0) is 35.9 Å². The second-order valence-corrected chi connectivity index (χ2v) is 5.83. The molecule has 2 rings (SSSR count). The number of benzene rings is 2. The van der Waals surface area contributed by atoms with E-state index in [4.69, 9.17) is 29.6 Å². The Bertz CT molecular complexity index is 599. The maximum absolute atomic E-state index is 5.85. The van der Waals surface area contributed by atoms with E-state index in [-0.39, 0.29) is 0 Å². The molecule has 0 fully saturated rings. The maximum atomic E-state index is 5.85. The summed E-state index contributed by atoms with van der Waals surface area (Å²) in [5.74, 6) is 0. The van der Waals surface area contributed by atoms with Crippen molar-refractivity contribution in [1.29, 1.82) is 0 Å². The van der Waals surface area contributed by atoms with Crippen molar-refractivity contribution in [2.24, 2.45) is 5.73 Å². The first kappa shape index (κ1) is 14.3. The summed E-state index contributed by atoms with van der Waals surface area (Å²) in [5.41, 5.74) is 8.62. The van der Waals surface area contributed by atoms with Gasteiger partial charge in [0.25, 0.3) is 0 Å². The molecule has 0 saturated carbocycles. The molecule has 98 valence electrons. The molecule has 2 aromatic rings. The third-order valence-corrected chi connectivity index (χ3v) is 3.61. The van der Waals surface area contributed by atoms with Gasteiger partial charge in [0.2, 0.25) is 0 Å². The van der Waals surface area contributed by atoms with Gasteiger partial charge in [-0.2, -0.15) is 0 Å². The van der Waals surface area contributed by atoms with Gasteiger partial charge in [0.15, 0.2) is 0 Å². The van der Waals surface area contributed by atoms with Crippen LogP contribution >= 0.6 is 39.7 Å². The van der Waals surface area contributed by atoms with Gasteiger partial charge in [0, 0.05) is 27.3 Å². The molecule has 0 aliphatic heterocycles. The molecule has 2 aromatic carbocycles. The van der Waals surface area contributed by atoms with E-state index in [1.165, 1.54) is 0 Å². The van der Waals surface area contributed by atoms with Crippen molar-refractivity contribution in [3.8, 4) is 0 Å². The first-order chi connectivity index (χ1) is 9.06. The molecule has 0 aromatic heterocycles. The average molecular weight is 356 g/mol. The second-order valence-electron chi connectivity index (χ2n) is 4.03. The average Bonchev–Trinajstić information content (AvgIpc) is 2.39. The van der Waals surface area contributed by atoms with Crippen molar-refractivity contribution in [3.05, 3.63) is 63.1 Å². The van der Waals surface area contributed by atoms with Crippen LogP contribution in [0.2, 0.25) is 5.02 Å². The molecule has 0 aliphatic carbocycles. The molecule has 0 atom stereocenters. The van der Waals surface area contributed by atoms with Crippen LogP contribution in [0.5, 0.6) is 0 Å². The van der Waals surface area contributed by atoms with E-state index in [1.54, 1.807) is 0 Å². The van der Waals surface area contributed by atoms with Gasteiger partial charge in [-0.25, -0.2) is 0 Å². The highest BCUT2D eigenvalue weighted by molar-refractivity contribution is 9.10. The number of halogens is 2. The first-order valence-electron chi connectivity index (χ1n) is 5.64. The summed E-state index contributed by atoms with van der Waals surface area (Å²) in [5, 5.41) is 4.06. The molecule has 19 heavy (non-hydrogen) atoms. The van der Waals surface area contributed by atoms with E-state index >= 15 is 0 Å². The van der Waals surface area contributed by atoms with E-state index in [0.29, 0.717) is 11.5 Å². The zero-order valence-corrected chi connectivity index (χ0v) is 13.1. The first-order valence-corrected chi connectivity index (χ1v) is 7.22. The van der Waals surface area contributed by atoms with Crippen molar-refractivity contribution >= 4 is 50.4 Å². The van der Waals surface area contributed by atoms with Crippen LogP contribution in [-0.2, 0) is 6.54 Å². The van der Waals surface area contributed by atoms with Crippen molar-refractivity contribution in [2.75, 3.05) is 5.32 Å². The van der Waals surface area contributed by atoms with E-state index in [1.807, 2.05) is 42.5 Å². The number of nitrogens with one attached hydrogen (secondary N) is 1. The summed E-state index contributed by atoms with van der Waals surface area (Å²) >= 11 is 14.3. The molecule has 2 nitrogen and oxygen atoms in total. The van der Waals surface area contributed by atoms with Gasteiger partial charge < -0.3 is 11.1 Å². The van der Waals surface area contributed by atoms with Crippen LogP contribution in [0.1, 0.15) is 11.1 Å². The highest BCUT2D eigenvalue weighted by Crippen LogP contribution is 2.22. The van der Waals surface area contributed by atoms with Gasteiger partial charge in [-0.15, -0.1) is 0 Å². The molecular weight excluding hydrogens is 344 g/mol.